The molecule has 1 saturated heterocycles. The molecule has 4 heterocycles. The van der Waals surface area contributed by atoms with Crippen LogP contribution in [0, 0.1) is 12.7 Å². The van der Waals surface area contributed by atoms with Gasteiger partial charge in [0.1, 0.15) is 0 Å². The van der Waals surface area contributed by atoms with E-state index in [-0.39, 0.29) is 30.9 Å². The van der Waals surface area contributed by atoms with Gasteiger partial charge in [0.05, 0.1) is 35.8 Å². The summed E-state index contributed by atoms with van der Waals surface area (Å²) in [6.07, 6.45) is 4.63. The lowest BCUT2D eigenvalue weighted by atomic mass is 9.99. The summed E-state index contributed by atoms with van der Waals surface area (Å²) in [5.41, 5.74) is 5.59. The van der Waals surface area contributed by atoms with Gasteiger partial charge < -0.3 is 31.1 Å². The number of benzene rings is 1. The summed E-state index contributed by atoms with van der Waals surface area (Å²) in [7, 11) is 1.59. The number of nitrogens with one attached hydrogen (secondary N) is 4. The second-order valence-corrected chi connectivity index (χ2v) is 10.8. The fraction of sp³-hybridized carbons (Fsp3) is 0.312. The number of carbonyl (C=O) groups excluding carboxylic acids is 1. The maximum Gasteiger partial charge on any atom is 0.220 e. The molecule has 5 rings (SSSR count). The molecule has 1 unspecified atom stereocenters. The second kappa shape index (κ2) is 14.5. The number of halogens is 2. The Bertz CT molecular complexity index is 1640. The average Bonchev–Trinajstić information content (AvgIpc) is 3.45. The van der Waals surface area contributed by atoms with Crippen LogP contribution in [0.15, 0.2) is 54.9 Å². The van der Waals surface area contributed by atoms with Crippen LogP contribution in [0.3, 0.4) is 0 Å². The molecule has 5 N–H and O–H groups in total. The molecule has 0 saturated carbocycles. The highest BCUT2D eigenvalue weighted by Crippen LogP contribution is 2.38. The number of aromatic nitrogens is 3. The zero-order valence-electron chi connectivity index (χ0n) is 24.6. The van der Waals surface area contributed by atoms with E-state index in [1.807, 2.05) is 37.3 Å². The molecular formula is C32H35ClFN7O3. The predicted octanol–water partition coefficient (Wildman–Crippen LogP) is 4.51. The molecule has 1 amide bonds. The fourth-order valence-electron chi connectivity index (χ4n) is 5.18. The van der Waals surface area contributed by atoms with Crippen LogP contribution in [0.25, 0.3) is 22.5 Å². The van der Waals surface area contributed by atoms with Gasteiger partial charge in [0.2, 0.25) is 11.8 Å². The highest BCUT2D eigenvalue weighted by atomic mass is 35.5. The van der Waals surface area contributed by atoms with Gasteiger partial charge in [0.25, 0.3) is 0 Å². The van der Waals surface area contributed by atoms with Crippen LogP contribution in [0.2, 0.25) is 5.02 Å². The summed E-state index contributed by atoms with van der Waals surface area (Å²) < 4.78 is 20.8. The normalized spacial score (nSPS) is 14.5. The Labute approximate surface area is 260 Å². The van der Waals surface area contributed by atoms with Crippen LogP contribution in [-0.4, -0.2) is 58.8 Å². The van der Waals surface area contributed by atoms with Crippen LogP contribution in [-0.2, 0) is 17.9 Å². The van der Waals surface area contributed by atoms with Crippen molar-refractivity contribution in [2.75, 3.05) is 32.1 Å². The third-order valence-corrected chi connectivity index (χ3v) is 7.89. The van der Waals surface area contributed by atoms with Gasteiger partial charge in [-0.15, -0.1) is 0 Å². The Balaban J connectivity index is 1.37. The molecule has 12 heteroatoms. The number of methoxy groups -OCH3 is 1. The smallest absolute Gasteiger partial charge is 0.220 e. The van der Waals surface area contributed by atoms with E-state index in [0.29, 0.717) is 59.5 Å². The molecule has 0 aliphatic carbocycles. The Kier molecular flexibility index (Phi) is 10.3. The molecule has 10 nitrogen and oxygen atoms in total. The maximum atomic E-state index is 15.2. The number of nitrogens with zero attached hydrogens (tertiary/aromatic N) is 3. The standard InChI is InChI=1S/C32H35ClFN7O3/c1-19-23(25-8-6-21(32(41-25)44-2)17-36-18-22-7-9-27(43)39-22)11-13-37-30(19)24-4-3-5-26(28(24)33)40-31-29(34)20(10-12-38-31)16-35-14-15-42/h3-6,8,10-13,22,35-36,42H,7,9,14-18H2,1-2H3,(H,38,40)(H,39,43). The first-order valence-electron chi connectivity index (χ1n) is 14.4. The van der Waals surface area contributed by atoms with Gasteiger partial charge in [-0.05, 0) is 43.2 Å². The number of aliphatic hydroxyl groups is 1. The van der Waals surface area contributed by atoms with Gasteiger partial charge in [0.15, 0.2) is 11.6 Å². The zero-order chi connectivity index (χ0) is 31.1. The molecule has 0 radical (unpaired) electrons. The largest absolute Gasteiger partial charge is 0.481 e. The van der Waals surface area contributed by atoms with Crippen molar-refractivity contribution in [3.63, 3.8) is 0 Å². The van der Waals surface area contributed by atoms with Gasteiger partial charge in [-0.3, -0.25) is 9.78 Å². The molecule has 1 fully saturated rings. The van der Waals surface area contributed by atoms with Crippen LogP contribution >= 0.6 is 11.6 Å². The Hall–Kier alpha value is -4.16. The Morgan fingerprint density at radius 3 is 2.66 bits per heavy atom. The lowest BCUT2D eigenvalue weighted by molar-refractivity contribution is -0.119. The van der Waals surface area contributed by atoms with Crippen molar-refractivity contribution in [3.8, 4) is 28.4 Å². The van der Waals surface area contributed by atoms with Crippen molar-refractivity contribution >= 4 is 29.0 Å². The van der Waals surface area contributed by atoms with Gasteiger partial charge >= 0.3 is 0 Å². The van der Waals surface area contributed by atoms with Crippen molar-refractivity contribution in [2.45, 2.75) is 38.9 Å². The molecule has 4 aromatic rings. The molecule has 44 heavy (non-hydrogen) atoms. The summed E-state index contributed by atoms with van der Waals surface area (Å²) in [6.45, 7) is 3.76. The van der Waals surface area contributed by atoms with E-state index in [2.05, 4.69) is 31.2 Å². The van der Waals surface area contributed by atoms with Crippen molar-refractivity contribution < 1.29 is 19.0 Å². The summed E-state index contributed by atoms with van der Waals surface area (Å²) in [4.78, 5) is 25.0. The lowest BCUT2D eigenvalue weighted by Gasteiger charge is -2.16. The molecule has 1 aromatic carbocycles. The first kappa shape index (κ1) is 31.3. The number of hydrogen-bond donors (Lipinski definition) is 5. The number of carbonyl (C=O) groups is 1. The molecule has 1 aliphatic heterocycles. The Morgan fingerprint density at radius 2 is 1.89 bits per heavy atom. The quantitative estimate of drug-likeness (QED) is 0.137. The SMILES string of the molecule is COc1nc(-c2ccnc(-c3cccc(Nc4nccc(CNCCO)c4F)c3Cl)c2C)ccc1CNCC1CCC(=O)N1. The summed E-state index contributed by atoms with van der Waals surface area (Å²) in [5, 5.41) is 21.7. The minimum atomic E-state index is -0.500. The molecule has 1 atom stereocenters. The second-order valence-electron chi connectivity index (χ2n) is 10.5. The van der Waals surface area contributed by atoms with E-state index in [0.717, 1.165) is 28.8 Å². The third-order valence-electron chi connectivity index (χ3n) is 7.48. The number of rotatable bonds is 13. The van der Waals surface area contributed by atoms with Crippen molar-refractivity contribution in [2.24, 2.45) is 0 Å². The summed E-state index contributed by atoms with van der Waals surface area (Å²) >= 11 is 6.87. The number of anilines is 2. The topological polar surface area (TPSA) is 133 Å². The summed E-state index contributed by atoms with van der Waals surface area (Å²) in [5.74, 6) is 0.150. The number of pyridine rings is 3. The van der Waals surface area contributed by atoms with Crippen molar-refractivity contribution in [1.82, 2.24) is 30.9 Å². The van der Waals surface area contributed by atoms with E-state index < -0.39 is 5.82 Å². The van der Waals surface area contributed by atoms with E-state index in [4.69, 9.17) is 26.4 Å². The monoisotopic (exact) mass is 619 g/mol. The molecular weight excluding hydrogens is 585 g/mol. The van der Waals surface area contributed by atoms with E-state index in [9.17, 15) is 4.79 Å². The molecule has 3 aromatic heterocycles. The molecule has 230 valence electrons. The lowest BCUT2D eigenvalue weighted by Crippen LogP contribution is -2.35. The first-order chi connectivity index (χ1) is 21.4. The number of aliphatic hydroxyl groups excluding tert-OH is 1. The first-order valence-corrected chi connectivity index (χ1v) is 14.8. The van der Waals surface area contributed by atoms with E-state index >= 15 is 4.39 Å². The van der Waals surface area contributed by atoms with Gasteiger partial charge in [0, 0.05) is 73.3 Å². The van der Waals surface area contributed by atoms with Crippen molar-refractivity contribution in [1.29, 1.82) is 0 Å². The average molecular weight is 620 g/mol. The van der Waals surface area contributed by atoms with Crippen LogP contribution in [0.1, 0.15) is 29.5 Å². The molecule has 0 spiro atoms. The Morgan fingerprint density at radius 1 is 1.07 bits per heavy atom. The van der Waals surface area contributed by atoms with Gasteiger partial charge in [-0.2, -0.15) is 0 Å². The predicted molar refractivity (Wildman–Crippen MR) is 168 cm³/mol. The highest BCUT2D eigenvalue weighted by molar-refractivity contribution is 6.36. The zero-order valence-corrected chi connectivity index (χ0v) is 25.3. The van der Waals surface area contributed by atoms with Crippen molar-refractivity contribution in [3.05, 3.63) is 82.4 Å². The van der Waals surface area contributed by atoms with Gasteiger partial charge in [-0.1, -0.05) is 29.8 Å². The fourth-order valence-corrected chi connectivity index (χ4v) is 5.44. The van der Waals surface area contributed by atoms with E-state index in [1.165, 1.54) is 6.20 Å². The number of ether oxygens (including phenoxy) is 1. The molecule has 1 aliphatic rings. The maximum absolute atomic E-state index is 15.2. The minimum absolute atomic E-state index is 0.0372. The van der Waals surface area contributed by atoms with Crippen LogP contribution < -0.4 is 26.0 Å². The molecule has 0 bridgehead atoms. The third kappa shape index (κ3) is 7.13. The van der Waals surface area contributed by atoms with Crippen LogP contribution in [0.4, 0.5) is 15.9 Å². The summed E-state index contributed by atoms with van der Waals surface area (Å²) in [6, 6.07) is 13.0. The minimum Gasteiger partial charge on any atom is -0.481 e. The van der Waals surface area contributed by atoms with Crippen LogP contribution in [0.5, 0.6) is 5.88 Å². The van der Waals surface area contributed by atoms with E-state index in [1.54, 1.807) is 25.4 Å². The number of amides is 1. The highest BCUT2D eigenvalue weighted by Gasteiger charge is 2.21. The number of hydrogen-bond acceptors (Lipinski definition) is 9. The van der Waals surface area contributed by atoms with Gasteiger partial charge in [-0.25, -0.2) is 14.4 Å².